The van der Waals surface area contributed by atoms with Crippen LogP contribution in [0.2, 0.25) is 0 Å². The van der Waals surface area contributed by atoms with Crippen molar-refractivity contribution in [2.45, 2.75) is 19.4 Å². The minimum atomic E-state index is 0.0761. The zero-order valence-electron chi connectivity index (χ0n) is 12.7. The number of aryl methyl sites for hydroxylation is 1. The summed E-state index contributed by atoms with van der Waals surface area (Å²) in [6.45, 7) is 5.58. The van der Waals surface area contributed by atoms with Crippen molar-refractivity contribution >= 4 is 5.91 Å². The van der Waals surface area contributed by atoms with Gasteiger partial charge in [0.25, 0.3) is 5.91 Å². The third-order valence-electron chi connectivity index (χ3n) is 4.06. The molecule has 0 saturated carbocycles. The lowest BCUT2D eigenvalue weighted by Crippen LogP contribution is -2.35. The molecule has 0 aliphatic carbocycles. The number of amides is 1. The van der Waals surface area contributed by atoms with Gasteiger partial charge in [0.15, 0.2) is 0 Å². The summed E-state index contributed by atoms with van der Waals surface area (Å²) in [4.78, 5) is 16.7. The molecular weight excluding hydrogens is 280 g/mol. The highest BCUT2D eigenvalue weighted by Crippen LogP contribution is 2.10. The molecule has 22 heavy (non-hydrogen) atoms. The van der Waals surface area contributed by atoms with Crippen LogP contribution in [0.5, 0.6) is 0 Å². The Labute approximate surface area is 130 Å². The molecule has 1 saturated heterocycles. The molecule has 0 atom stereocenters. The van der Waals surface area contributed by atoms with Gasteiger partial charge in [-0.05, 0) is 38.1 Å². The van der Waals surface area contributed by atoms with Crippen molar-refractivity contribution in [3.63, 3.8) is 0 Å². The van der Waals surface area contributed by atoms with Gasteiger partial charge in [-0.15, -0.1) is 0 Å². The van der Waals surface area contributed by atoms with E-state index in [-0.39, 0.29) is 5.91 Å². The molecule has 6 nitrogen and oxygen atoms in total. The first-order valence-electron chi connectivity index (χ1n) is 7.84. The van der Waals surface area contributed by atoms with Gasteiger partial charge in [0, 0.05) is 38.6 Å². The van der Waals surface area contributed by atoms with Crippen LogP contribution in [0.25, 0.3) is 0 Å². The van der Waals surface area contributed by atoms with Crippen molar-refractivity contribution in [3.05, 3.63) is 42.6 Å². The van der Waals surface area contributed by atoms with Crippen molar-refractivity contribution in [1.29, 1.82) is 0 Å². The highest BCUT2D eigenvalue weighted by molar-refractivity contribution is 5.93. The summed E-state index contributed by atoms with van der Waals surface area (Å²) in [5.41, 5.74) is 0.645. The number of hydrogen-bond acceptors (Lipinski definition) is 4. The minimum absolute atomic E-state index is 0.0761. The Kier molecular flexibility index (Phi) is 4.90. The van der Waals surface area contributed by atoms with Crippen LogP contribution in [0, 0.1) is 0 Å². The average Bonchev–Trinajstić information content (AvgIpc) is 3.18. The maximum Gasteiger partial charge on any atom is 0.257 e. The van der Waals surface area contributed by atoms with Crippen LogP contribution in [0.4, 0.5) is 0 Å². The molecular formula is C16H22N4O2. The molecule has 0 aromatic carbocycles. The van der Waals surface area contributed by atoms with Gasteiger partial charge in [-0.2, -0.15) is 5.10 Å². The lowest BCUT2D eigenvalue weighted by molar-refractivity contribution is 0.0760. The Balaban J connectivity index is 1.44. The quantitative estimate of drug-likeness (QED) is 0.844. The summed E-state index contributed by atoms with van der Waals surface area (Å²) in [7, 11) is 0. The summed E-state index contributed by atoms with van der Waals surface area (Å²) < 4.78 is 6.97. The monoisotopic (exact) mass is 302 g/mol. The summed E-state index contributed by atoms with van der Waals surface area (Å²) in [6, 6.07) is 3.68. The predicted molar refractivity (Wildman–Crippen MR) is 82.5 cm³/mol. The number of hydrogen-bond donors (Lipinski definition) is 0. The Bertz CT molecular complexity index is 565. The molecule has 1 aliphatic heterocycles. The Hall–Kier alpha value is -2.08. The molecule has 0 unspecified atom stereocenters. The molecule has 2 aromatic rings. The minimum Gasteiger partial charge on any atom is -0.472 e. The van der Waals surface area contributed by atoms with Gasteiger partial charge in [0.2, 0.25) is 0 Å². The molecule has 0 radical (unpaired) electrons. The van der Waals surface area contributed by atoms with Crippen LogP contribution in [0.1, 0.15) is 23.2 Å². The first-order valence-corrected chi connectivity index (χ1v) is 7.84. The second-order valence-electron chi connectivity index (χ2n) is 5.62. The second-order valence-corrected chi connectivity index (χ2v) is 5.62. The van der Waals surface area contributed by atoms with Crippen molar-refractivity contribution in [3.8, 4) is 0 Å². The number of furan rings is 1. The zero-order valence-corrected chi connectivity index (χ0v) is 12.7. The fraction of sp³-hybridized carbons (Fsp3) is 0.500. The third kappa shape index (κ3) is 3.76. The molecule has 1 amide bonds. The Morgan fingerprint density at radius 3 is 2.95 bits per heavy atom. The SMILES string of the molecule is O=C(c1ccoc1)N1CCCN(CCCn2cccn2)CC1. The van der Waals surface area contributed by atoms with Gasteiger partial charge in [0.1, 0.15) is 6.26 Å². The van der Waals surface area contributed by atoms with Crippen LogP contribution in [-0.2, 0) is 6.54 Å². The largest absolute Gasteiger partial charge is 0.472 e. The van der Waals surface area contributed by atoms with E-state index in [1.165, 1.54) is 6.26 Å². The Morgan fingerprint density at radius 2 is 2.18 bits per heavy atom. The van der Waals surface area contributed by atoms with Crippen LogP contribution < -0.4 is 0 Å². The van der Waals surface area contributed by atoms with E-state index in [0.29, 0.717) is 5.56 Å². The second kappa shape index (κ2) is 7.26. The molecule has 0 N–H and O–H groups in total. The van der Waals surface area contributed by atoms with Crippen molar-refractivity contribution in [1.82, 2.24) is 19.6 Å². The highest BCUT2D eigenvalue weighted by atomic mass is 16.3. The summed E-state index contributed by atoms with van der Waals surface area (Å²) >= 11 is 0. The van der Waals surface area contributed by atoms with Crippen molar-refractivity contribution < 1.29 is 9.21 Å². The molecule has 1 fully saturated rings. The Morgan fingerprint density at radius 1 is 1.23 bits per heavy atom. The van der Waals surface area contributed by atoms with Crippen LogP contribution in [0.15, 0.2) is 41.5 Å². The number of rotatable bonds is 5. The number of carbonyl (C=O) groups is 1. The number of aromatic nitrogens is 2. The molecule has 1 aliphatic rings. The fourth-order valence-electron chi connectivity index (χ4n) is 2.86. The van der Waals surface area contributed by atoms with Gasteiger partial charge in [0.05, 0.1) is 11.8 Å². The number of carbonyl (C=O) groups excluding carboxylic acids is 1. The van der Waals surface area contributed by atoms with E-state index in [1.54, 1.807) is 12.3 Å². The standard InChI is InChI=1S/C16H22N4O2/c21-16(15-4-13-22-14-15)19-8-2-6-18(11-12-19)7-3-10-20-9-1-5-17-20/h1,4-5,9,13-14H,2-3,6-8,10-12H2. The van der Waals surface area contributed by atoms with Gasteiger partial charge in [-0.25, -0.2) is 0 Å². The molecule has 3 rings (SSSR count). The van der Waals surface area contributed by atoms with E-state index in [9.17, 15) is 4.79 Å². The lowest BCUT2D eigenvalue weighted by atomic mass is 10.3. The third-order valence-corrected chi connectivity index (χ3v) is 4.06. The van der Waals surface area contributed by atoms with Gasteiger partial charge in [-0.1, -0.05) is 0 Å². The van der Waals surface area contributed by atoms with Crippen LogP contribution in [0.3, 0.4) is 0 Å². The molecule has 0 bridgehead atoms. The zero-order chi connectivity index (χ0) is 15.2. The summed E-state index contributed by atoms with van der Waals surface area (Å²) in [6.07, 6.45) is 8.98. The summed E-state index contributed by atoms with van der Waals surface area (Å²) in [5, 5.41) is 4.22. The van der Waals surface area contributed by atoms with Gasteiger partial charge in [-0.3, -0.25) is 9.48 Å². The summed E-state index contributed by atoms with van der Waals surface area (Å²) in [5.74, 6) is 0.0761. The van der Waals surface area contributed by atoms with Crippen molar-refractivity contribution in [2.75, 3.05) is 32.7 Å². The molecule has 2 aromatic heterocycles. The van der Waals surface area contributed by atoms with Crippen LogP contribution >= 0.6 is 0 Å². The molecule has 118 valence electrons. The fourth-order valence-corrected chi connectivity index (χ4v) is 2.86. The first kappa shape index (κ1) is 14.8. The van der Waals surface area contributed by atoms with Crippen molar-refractivity contribution in [2.24, 2.45) is 0 Å². The number of nitrogens with zero attached hydrogens (tertiary/aromatic N) is 4. The van der Waals surface area contributed by atoms with Crippen LogP contribution in [-0.4, -0.2) is 58.2 Å². The predicted octanol–water partition coefficient (Wildman–Crippen LogP) is 1.71. The van der Waals surface area contributed by atoms with E-state index < -0.39 is 0 Å². The maximum absolute atomic E-state index is 12.3. The van der Waals surface area contributed by atoms with E-state index >= 15 is 0 Å². The van der Waals surface area contributed by atoms with E-state index in [2.05, 4.69) is 10.00 Å². The van der Waals surface area contributed by atoms with Gasteiger partial charge < -0.3 is 14.2 Å². The topological polar surface area (TPSA) is 54.5 Å². The lowest BCUT2D eigenvalue weighted by Gasteiger charge is -2.21. The van der Waals surface area contributed by atoms with E-state index in [4.69, 9.17) is 4.42 Å². The maximum atomic E-state index is 12.3. The molecule has 6 heteroatoms. The highest BCUT2D eigenvalue weighted by Gasteiger charge is 2.20. The van der Waals surface area contributed by atoms with Gasteiger partial charge >= 0.3 is 0 Å². The first-order chi connectivity index (χ1) is 10.8. The smallest absolute Gasteiger partial charge is 0.257 e. The van der Waals surface area contributed by atoms with E-state index in [0.717, 1.165) is 52.1 Å². The average molecular weight is 302 g/mol. The van der Waals surface area contributed by atoms with E-state index in [1.807, 2.05) is 28.0 Å². The molecule has 0 spiro atoms. The molecule has 3 heterocycles. The normalized spacial score (nSPS) is 16.6.